The Hall–Kier alpha value is -2.55. The van der Waals surface area contributed by atoms with Crippen molar-refractivity contribution in [1.82, 2.24) is 0 Å². The molecule has 2 aliphatic rings. The number of ether oxygens (including phenoxy) is 2. The number of Topliss-reactive ketones (excluding diaryl/α,β-unsaturated/α-hetero) is 1. The molecular weight excluding hydrogens is 336 g/mol. The van der Waals surface area contributed by atoms with Crippen LogP contribution in [-0.2, 0) is 4.74 Å². The van der Waals surface area contributed by atoms with Crippen molar-refractivity contribution in [2.24, 2.45) is 0 Å². The van der Waals surface area contributed by atoms with E-state index < -0.39 is 0 Å². The van der Waals surface area contributed by atoms with Gasteiger partial charge in [-0.15, -0.1) is 0 Å². The molecule has 2 aliphatic heterocycles. The van der Waals surface area contributed by atoms with Crippen LogP contribution in [0, 0.1) is 6.92 Å². The lowest BCUT2D eigenvalue weighted by atomic mass is 9.85. The van der Waals surface area contributed by atoms with E-state index in [1.165, 1.54) is 11.1 Å². The highest BCUT2D eigenvalue weighted by Crippen LogP contribution is 2.40. The van der Waals surface area contributed by atoms with E-state index in [1.54, 1.807) is 0 Å². The Labute approximate surface area is 161 Å². The number of ketones is 1. The first-order valence-corrected chi connectivity index (χ1v) is 9.82. The molecule has 2 aromatic carbocycles. The first kappa shape index (κ1) is 17.8. The van der Waals surface area contributed by atoms with Crippen molar-refractivity contribution in [3.8, 4) is 5.75 Å². The highest BCUT2D eigenvalue weighted by Gasteiger charge is 2.38. The van der Waals surface area contributed by atoms with Crippen LogP contribution < -0.4 is 4.74 Å². The van der Waals surface area contributed by atoms with E-state index >= 15 is 0 Å². The number of fused-ring (bicyclic) bond motifs is 1. The standard InChI is InChI=1S/C24H26O3/c1-4-24(5-2)14-21(25)20-12-17(10-11-22(20)27-24)23-13-18(15-26-23)19-9-7-6-8-16(19)3/h6-13,18H,4-5,14-15H2,1-3H3. The Kier molecular flexibility index (Phi) is 4.55. The van der Waals surface area contributed by atoms with Crippen LogP contribution in [0.5, 0.6) is 5.75 Å². The summed E-state index contributed by atoms with van der Waals surface area (Å²) in [5, 5.41) is 0. The fraction of sp³-hybridized carbons (Fsp3) is 0.375. The molecule has 0 N–H and O–H groups in total. The SMILES string of the molecule is CCC1(CC)CC(=O)c2cc(C3=CC(c4ccccc4C)CO3)ccc2O1. The van der Waals surface area contributed by atoms with Gasteiger partial charge in [-0.3, -0.25) is 4.79 Å². The molecule has 0 saturated carbocycles. The van der Waals surface area contributed by atoms with Gasteiger partial charge in [0.1, 0.15) is 17.1 Å². The second-order valence-corrected chi connectivity index (χ2v) is 7.61. The number of carbonyl (C=O) groups excluding carboxylic acids is 1. The molecule has 3 heteroatoms. The van der Waals surface area contributed by atoms with Gasteiger partial charge in [-0.25, -0.2) is 0 Å². The molecule has 0 bridgehead atoms. The highest BCUT2D eigenvalue weighted by molar-refractivity contribution is 6.01. The molecule has 0 spiro atoms. The number of aryl methyl sites for hydroxylation is 1. The monoisotopic (exact) mass is 362 g/mol. The van der Waals surface area contributed by atoms with Crippen molar-refractivity contribution >= 4 is 11.5 Å². The lowest BCUT2D eigenvalue weighted by Crippen LogP contribution is -2.40. The van der Waals surface area contributed by atoms with Crippen LogP contribution in [0.2, 0.25) is 0 Å². The second kappa shape index (κ2) is 6.88. The topological polar surface area (TPSA) is 35.5 Å². The van der Waals surface area contributed by atoms with Crippen LogP contribution in [0.1, 0.15) is 66.1 Å². The van der Waals surface area contributed by atoms with Crippen molar-refractivity contribution in [2.75, 3.05) is 6.61 Å². The van der Waals surface area contributed by atoms with E-state index in [-0.39, 0.29) is 17.3 Å². The van der Waals surface area contributed by atoms with Gasteiger partial charge in [0, 0.05) is 11.5 Å². The van der Waals surface area contributed by atoms with Gasteiger partial charge in [-0.05, 0) is 55.2 Å². The normalized spacial score (nSPS) is 20.5. The maximum absolute atomic E-state index is 12.8. The molecule has 4 rings (SSSR count). The van der Waals surface area contributed by atoms with Gasteiger partial charge in [0.25, 0.3) is 0 Å². The minimum atomic E-state index is -0.356. The van der Waals surface area contributed by atoms with Crippen LogP contribution in [0.25, 0.3) is 5.76 Å². The zero-order valence-corrected chi connectivity index (χ0v) is 16.2. The summed E-state index contributed by atoms with van der Waals surface area (Å²) in [5.74, 6) is 1.96. The molecule has 0 radical (unpaired) electrons. The van der Waals surface area contributed by atoms with Gasteiger partial charge in [0.2, 0.25) is 0 Å². The van der Waals surface area contributed by atoms with Gasteiger partial charge in [-0.1, -0.05) is 38.1 Å². The molecule has 1 unspecified atom stereocenters. The van der Waals surface area contributed by atoms with Crippen molar-refractivity contribution < 1.29 is 14.3 Å². The molecule has 2 aromatic rings. The summed E-state index contributed by atoms with van der Waals surface area (Å²) >= 11 is 0. The zero-order chi connectivity index (χ0) is 19.0. The highest BCUT2D eigenvalue weighted by atomic mass is 16.5. The summed E-state index contributed by atoms with van der Waals surface area (Å²) in [6.45, 7) is 6.93. The number of hydrogen-bond donors (Lipinski definition) is 0. The van der Waals surface area contributed by atoms with Crippen molar-refractivity contribution in [1.29, 1.82) is 0 Å². The van der Waals surface area contributed by atoms with E-state index in [9.17, 15) is 4.79 Å². The van der Waals surface area contributed by atoms with Gasteiger partial charge in [-0.2, -0.15) is 0 Å². The molecule has 3 nitrogen and oxygen atoms in total. The van der Waals surface area contributed by atoms with Crippen molar-refractivity contribution in [2.45, 2.75) is 51.6 Å². The quantitative estimate of drug-likeness (QED) is 0.702. The average molecular weight is 362 g/mol. The molecule has 0 fully saturated rings. The van der Waals surface area contributed by atoms with Crippen LogP contribution in [0.4, 0.5) is 0 Å². The Balaban J connectivity index is 1.64. The molecule has 0 amide bonds. The lowest BCUT2D eigenvalue weighted by Gasteiger charge is -2.36. The summed E-state index contributed by atoms with van der Waals surface area (Å²) in [7, 11) is 0. The fourth-order valence-electron chi connectivity index (χ4n) is 4.11. The Bertz CT molecular complexity index is 906. The van der Waals surface area contributed by atoms with E-state index in [1.807, 2.05) is 18.2 Å². The molecule has 0 aromatic heterocycles. The van der Waals surface area contributed by atoms with Crippen LogP contribution in [-0.4, -0.2) is 18.0 Å². The smallest absolute Gasteiger partial charge is 0.170 e. The van der Waals surface area contributed by atoms with Gasteiger partial charge < -0.3 is 9.47 Å². The minimum absolute atomic E-state index is 0.163. The summed E-state index contributed by atoms with van der Waals surface area (Å²) in [6.07, 6.45) is 4.29. The van der Waals surface area contributed by atoms with Gasteiger partial charge >= 0.3 is 0 Å². The summed E-state index contributed by atoms with van der Waals surface area (Å²) in [4.78, 5) is 12.8. The molecule has 27 heavy (non-hydrogen) atoms. The third kappa shape index (κ3) is 3.16. The predicted molar refractivity (Wildman–Crippen MR) is 107 cm³/mol. The Morgan fingerprint density at radius 2 is 1.89 bits per heavy atom. The molecule has 0 saturated heterocycles. The maximum atomic E-state index is 12.8. The van der Waals surface area contributed by atoms with E-state index in [4.69, 9.17) is 9.47 Å². The minimum Gasteiger partial charge on any atom is -0.492 e. The van der Waals surface area contributed by atoms with E-state index in [2.05, 4.69) is 51.1 Å². The number of carbonyl (C=O) groups is 1. The third-order valence-electron chi connectivity index (χ3n) is 6.02. The largest absolute Gasteiger partial charge is 0.492 e. The summed E-state index contributed by atoms with van der Waals surface area (Å²) < 4.78 is 12.2. The lowest BCUT2D eigenvalue weighted by molar-refractivity contribution is 0.0349. The number of benzene rings is 2. The van der Waals surface area contributed by atoms with E-state index in [0.29, 0.717) is 24.3 Å². The Morgan fingerprint density at radius 3 is 2.63 bits per heavy atom. The van der Waals surface area contributed by atoms with E-state index in [0.717, 1.165) is 24.2 Å². The van der Waals surface area contributed by atoms with Gasteiger partial charge in [0.05, 0.1) is 18.6 Å². The predicted octanol–water partition coefficient (Wildman–Crippen LogP) is 5.67. The average Bonchev–Trinajstić information content (AvgIpc) is 3.18. The zero-order valence-electron chi connectivity index (χ0n) is 16.2. The molecule has 2 heterocycles. The van der Waals surface area contributed by atoms with Gasteiger partial charge in [0.15, 0.2) is 5.78 Å². The summed E-state index contributed by atoms with van der Waals surface area (Å²) in [5.41, 5.74) is 3.83. The first-order chi connectivity index (χ1) is 13.0. The first-order valence-electron chi connectivity index (χ1n) is 9.82. The van der Waals surface area contributed by atoms with Crippen molar-refractivity contribution in [3.63, 3.8) is 0 Å². The Morgan fingerprint density at radius 1 is 1.11 bits per heavy atom. The molecule has 1 atom stereocenters. The fourth-order valence-corrected chi connectivity index (χ4v) is 4.11. The molecular formula is C24H26O3. The summed E-state index contributed by atoms with van der Waals surface area (Å²) in [6, 6.07) is 14.3. The third-order valence-corrected chi connectivity index (χ3v) is 6.02. The molecule has 0 aliphatic carbocycles. The maximum Gasteiger partial charge on any atom is 0.170 e. The van der Waals surface area contributed by atoms with Crippen molar-refractivity contribution in [3.05, 3.63) is 70.8 Å². The van der Waals surface area contributed by atoms with Crippen LogP contribution >= 0.6 is 0 Å². The number of rotatable bonds is 4. The van der Waals surface area contributed by atoms with Crippen LogP contribution in [0.15, 0.2) is 48.5 Å². The van der Waals surface area contributed by atoms with Crippen LogP contribution in [0.3, 0.4) is 0 Å². The molecule has 140 valence electrons. The number of hydrogen-bond acceptors (Lipinski definition) is 3. The second-order valence-electron chi connectivity index (χ2n) is 7.61.